The monoisotopic (exact) mass is 222 g/mol. The highest BCUT2D eigenvalue weighted by molar-refractivity contribution is 6.02. The largest absolute Gasteiger partial charge is 0.338 e. The second kappa shape index (κ2) is 3.30. The molecule has 0 aromatic rings. The summed E-state index contributed by atoms with van der Waals surface area (Å²) in [7, 11) is 0. The van der Waals surface area contributed by atoms with Gasteiger partial charge in [-0.3, -0.25) is 19.3 Å². The van der Waals surface area contributed by atoms with Crippen LogP contribution in [0.1, 0.15) is 25.7 Å². The summed E-state index contributed by atoms with van der Waals surface area (Å²) in [5, 5.41) is 0. The van der Waals surface area contributed by atoms with Crippen LogP contribution in [0.15, 0.2) is 0 Å². The number of carbonyl (C=O) groups is 3. The van der Waals surface area contributed by atoms with Gasteiger partial charge in [-0.15, -0.1) is 0 Å². The smallest absolute Gasteiger partial charge is 0.230 e. The van der Waals surface area contributed by atoms with E-state index in [1.807, 2.05) is 0 Å². The normalized spacial score (nSPS) is 26.2. The maximum absolute atomic E-state index is 11.6. The van der Waals surface area contributed by atoms with Crippen LogP contribution in [0, 0.1) is 5.92 Å². The molecule has 86 valence electrons. The minimum atomic E-state index is -0.0754. The zero-order chi connectivity index (χ0) is 11.3. The van der Waals surface area contributed by atoms with Crippen molar-refractivity contribution in [3.8, 4) is 0 Å². The molecule has 0 bridgehead atoms. The van der Waals surface area contributed by atoms with Crippen molar-refractivity contribution in [3.05, 3.63) is 0 Å². The molecular formula is C11H14N2O3. The number of carbonyl (C=O) groups excluding carboxylic acids is 3. The second-order valence-electron chi connectivity index (χ2n) is 4.83. The van der Waals surface area contributed by atoms with Gasteiger partial charge in [0.05, 0.1) is 6.04 Å². The lowest BCUT2D eigenvalue weighted by molar-refractivity contribution is -0.152. The summed E-state index contributed by atoms with van der Waals surface area (Å²) in [6.45, 7) is 1.10. The molecule has 3 amide bonds. The summed E-state index contributed by atoms with van der Waals surface area (Å²) >= 11 is 0. The van der Waals surface area contributed by atoms with Crippen LogP contribution in [0.25, 0.3) is 0 Å². The Morgan fingerprint density at radius 1 is 1.06 bits per heavy atom. The number of hydrogen-bond acceptors (Lipinski definition) is 3. The van der Waals surface area contributed by atoms with Crippen LogP contribution in [0.4, 0.5) is 0 Å². The lowest BCUT2D eigenvalue weighted by Gasteiger charge is -2.43. The van der Waals surface area contributed by atoms with E-state index >= 15 is 0 Å². The first kappa shape index (κ1) is 9.81. The van der Waals surface area contributed by atoms with E-state index in [4.69, 9.17) is 0 Å². The molecule has 0 unspecified atom stereocenters. The molecule has 16 heavy (non-hydrogen) atoms. The standard InChI is InChI=1S/C11H14N2O3/c14-9-3-4-10(15)13(9)8-5-12(6-8)11(16)7-1-2-7/h7-8H,1-6H2. The fraction of sp³-hybridized carbons (Fsp3) is 0.727. The lowest BCUT2D eigenvalue weighted by atomic mass is 10.1. The molecule has 2 aliphatic heterocycles. The summed E-state index contributed by atoms with van der Waals surface area (Å²) in [5.41, 5.74) is 0. The molecular weight excluding hydrogens is 208 g/mol. The molecule has 3 rings (SSSR count). The van der Waals surface area contributed by atoms with E-state index in [9.17, 15) is 14.4 Å². The zero-order valence-corrected chi connectivity index (χ0v) is 9.02. The van der Waals surface area contributed by atoms with Gasteiger partial charge in [0.15, 0.2) is 0 Å². The van der Waals surface area contributed by atoms with E-state index in [0.29, 0.717) is 25.9 Å². The average Bonchev–Trinajstić information content (AvgIpc) is 2.97. The van der Waals surface area contributed by atoms with Crippen molar-refractivity contribution in [2.24, 2.45) is 5.92 Å². The van der Waals surface area contributed by atoms with Gasteiger partial charge in [-0.1, -0.05) is 0 Å². The maximum atomic E-state index is 11.6. The Balaban J connectivity index is 1.58. The Morgan fingerprint density at radius 3 is 2.12 bits per heavy atom. The summed E-state index contributed by atoms with van der Waals surface area (Å²) in [4.78, 5) is 37.7. The van der Waals surface area contributed by atoms with Crippen LogP contribution < -0.4 is 0 Å². The van der Waals surface area contributed by atoms with E-state index < -0.39 is 0 Å². The predicted octanol–water partition coefficient (Wildman–Crippen LogP) is -0.244. The van der Waals surface area contributed by atoms with Crippen molar-refractivity contribution in [1.82, 2.24) is 9.80 Å². The maximum Gasteiger partial charge on any atom is 0.230 e. The molecule has 0 aromatic heterocycles. The molecule has 5 heteroatoms. The molecule has 0 aromatic carbocycles. The molecule has 5 nitrogen and oxygen atoms in total. The van der Waals surface area contributed by atoms with Crippen LogP contribution in [-0.2, 0) is 14.4 Å². The van der Waals surface area contributed by atoms with Crippen molar-refractivity contribution in [2.75, 3.05) is 13.1 Å². The van der Waals surface area contributed by atoms with Gasteiger partial charge in [0.1, 0.15) is 0 Å². The van der Waals surface area contributed by atoms with Crippen molar-refractivity contribution >= 4 is 17.7 Å². The van der Waals surface area contributed by atoms with Gasteiger partial charge in [-0.2, -0.15) is 0 Å². The molecule has 0 N–H and O–H groups in total. The van der Waals surface area contributed by atoms with Crippen LogP contribution in [0.3, 0.4) is 0 Å². The molecule has 1 saturated carbocycles. The predicted molar refractivity (Wildman–Crippen MR) is 54.2 cm³/mol. The highest BCUT2D eigenvalue weighted by Crippen LogP contribution is 2.33. The molecule has 2 saturated heterocycles. The van der Waals surface area contributed by atoms with E-state index in [2.05, 4.69) is 0 Å². The Morgan fingerprint density at radius 2 is 1.62 bits per heavy atom. The molecule has 0 spiro atoms. The minimum Gasteiger partial charge on any atom is -0.338 e. The van der Waals surface area contributed by atoms with Gasteiger partial charge in [-0.05, 0) is 12.8 Å². The topological polar surface area (TPSA) is 57.7 Å². The number of hydrogen-bond donors (Lipinski definition) is 0. The van der Waals surface area contributed by atoms with Crippen molar-refractivity contribution in [3.63, 3.8) is 0 Å². The number of rotatable bonds is 2. The van der Waals surface area contributed by atoms with Crippen LogP contribution in [-0.4, -0.2) is 46.7 Å². The number of likely N-dealkylation sites (tertiary alicyclic amines) is 2. The van der Waals surface area contributed by atoms with Gasteiger partial charge in [0.2, 0.25) is 17.7 Å². The fourth-order valence-corrected chi connectivity index (χ4v) is 2.39. The van der Waals surface area contributed by atoms with Crippen molar-refractivity contribution in [2.45, 2.75) is 31.7 Å². The summed E-state index contributed by atoms with van der Waals surface area (Å²) < 4.78 is 0. The van der Waals surface area contributed by atoms with Crippen LogP contribution in [0.5, 0.6) is 0 Å². The Kier molecular flexibility index (Phi) is 2.02. The molecule has 1 aliphatic carbocycles. The van der Waals surface area contributed by atoms with Crippen molar-refractivity contribution < 1.29 is 14.4 Å². The molecule has 3 fully saturated rings. The van der Waals surface area contributed by atoms with Crippen LogP contribution >= 0.6 is 0 Å². The summed E-state index contributed by atoms with van der Waals surface area (Å²) in [5.74, 6) is 0.281. The average molecular weight is 222 g/mol. The van der Waals surface area contributed by atoms with E-state index in [0.717, 1.165) is 12.8 Å². The quantitative estimate of drug-likeness (QED) is 0.606. The minimum absolute atomic E-state index is 0.0507. The second-order valence-corrected chi connectivity index (χ2v) is 4.83. The van der Waals surface area contributed by atoms with E-state index in [1.54, 1.807) is 4.90 Å². The van der Waals surface area contributed by atoms with E-state index in [-0.39, 0.29) is 29.7 Å². The third kappa shape index (κ3) is 1.42. The molecule has 3 aliphatic rings. The number of amides is 3. The highest BCUT2D eigenvalue weighted by atomic mass is 16.2. The Labute approximate surface area is 93.4 Å². The van der Waals surface area contributed by atoms with Crippen LogP contribution in [0.2, 0.25) is 0 Å². The summed E-state index contributed by atoms with van der Waals surface area (Å²) in [6, 6.07) is -0.0507. The van der Waals surface area contributed by atoms with E-state index in [1.165, 1.54) is 4.90 Å². The third-order valence-corrected chi connectivity index (χ3v) is 3.56. The number of nitrogens with zero attached hydrogens (tertiary/aromatic N) is 2. The molecule has 0 atom stereocenters. The van der Waals surface area contributed by atoms with Gasteiger partial charge < -0.3 is 4.90 Å². The fourth-order valence-electron chi connectivity index (χ4n) is 2.39. The first-order valence-electron chi connectivity index (χ1n) is 5.80. The third-order valence-electron chi connectivity index (χ3n) is 3.56. The lowest BCUT2D eigenvalue weighted by Crippen LogP contribution is -2.62. The van der Waals surface area contributed by atoms with Gasteiger partial charge in [0, 0.05) is 31.8 Å². The Hall–Kier alpha value is -1.39. The zero-order valence-electron chi connectivity index (χ0n) is 9.02. The van der Waals surface area contributed by atoms with Crippen molar-refractivity contribution in [1.29, 1.82) is 0 Å². The highest BCUT2D eigenvalue weighted by Gasteiger charge is 2.45. The molecule has 2 heterocycles. The first-order chi connectivity index (χ1) is 7.66. The van der Waals surface area contributed by atoms with Gasteiger partial charge in [-0.25, -0.2) is 0 Å². The number of imide groups is 1. The molecule has 0 radical (unpaired) electrons. The van der Waals surface area contributed by atoms with Gasteiger partial charge in [0.25, 0.3) is 0 Å². The summed E-state index contributed by atoms with van der Waals surface area (Å²) in [6.07, 6.45) is 2.68. The Bertz CT molecular complexity index is 353. The first-order valence-corrected chi connectivity index (χ1v) is 5.80. The van der Waals surface area contributed by atoms with Gasteiger partial charge >= 0.3 is 0 Å². The SMILES string of the molecule is O=C(C1CC1)N1CC(N2C(=O)CCC2=O)C1.